The highest BCUT2D eigenvalue weighted by Gasteiger charge is 2.22. The standard InChI is InChI=1S/C50H33N3O/c1-4-14-34(15-5-1)35-28-30-40(31-29-35)53(39-18-8-3-9-19-39)45-33-32-41(47-42-20-10-13-23-46(42)54-50(45)47)36-24-26-38(27-25-36)49-48(37-16-6-2-7-17-37)51-43-21-11-12-22-44(43)52-49/h1-33H. The number of fused-ring (bicyclic) bond motifs is 4. The summed E-state index contributed by atoms with van der Waals surface area (Å²) in [6, 6.07) is 69.5. The van der Waals surface area contributed by atoms with Gasteiger partial charge < -0.3 is 9.32 Å². The first-order valence-electron chi connectivity index (χ1n) is 18.2. The molecule has 0 fully saturated rings. The Morgan fingerprint density at radius 3 is 1.52 bits per heavy atom. The van der Waals surface area contributed by atoms with Crippen LogP contribution < -0.4 is 4.90 Å². The largest absolute Gasteiger partial charge is 0.454 e. The van der Waals surface area contributed by atoms with Gasteiger partial charge in [0.15, 0.2) is 5.58 Å². The van der Waals surface area contributed by atoms with Crippen LogP contribution in [0.1, 0.15) is 0 Å². The Kier molecular flexibility index (Phi) is 7.77. The summed E-state index contributed by atoms with van der Waals surface area (Å²) in [4.78, 5) is 12.5. The summed E-state index contributed by atoms with van der Waals surface area (Å²) in [7, 11) is 0. The van der Waals surface area contributed by atoms with Gasteiger partial charge in [0.1, 0.15) is 5.58 Å². The first kappa shape index (κ1) is 31.4. The Hall–Kier alpha value is -7.30. The van der Waals surface area contributed by atoms with Gasteiger partial charge in [-0.25, -0.2) is 9.97 Å². The van der Waals surface area contributed by atoms with Crippen LogP contribution in [-0.4, -0.2) is 9.97 Å². The molecule has 0 aliphatic carbocycles. The molecule has 10 rings (SSSR count). The number of rotatable bonds is 7. The van der Waals surface area contributed by atoms with Gasteiger partial charge in [0.25, 0.3) is 0 Å². The number of benzene rings is 8. The molecule has 0 radical (unpaired) electrons. The zero-order chi connectivity index (χ0) is 35.8. The van der Waals surface area contributed by atoms with Crippen molar-refractivity contribution in [2.45, 2.75) is 0 Å². The van der Waals surface area contributed by atoms with Crippen molar-refractivity contribution in [1.29, 1.82) is 0 Å². The predicted octanol–water partition coefficient (Wildman–Crippen LogP) is 13.7. The van der Waals surface area contributed by atoms with Gasteiger partial charge in [-0.2, -0.15) is 0 Å². The molecule has 254 valence electrons. The monoisotopic (exact) mass is 691 g/mol. The Morgan fingerprint density at radius 2 is 0.852 bits per heavy atom. The molecule has 0 amide bonds. The van der Waals surface area contributed by atoms with E-state index in [1.807, 2.05) is 54.6 Å². The lowest BCUT2D eigenvalue weighted by molar-refractivity contribution is 0.669. The van der Waals surface area contributed by atoms with Crippen LogP contribution in [0.4, 0.5) is 17.1 Å². The Labute approximate surface area is 313 Å². The van der Waals surface area contributed by atoms with Crippen LogP contribution in [0.15, 0.2) is 205 Å². The molecule has 10 aromatic rings. The zero-order valence-electron chi connectivity index (χ0n) is 29.3. The third-order valence-electron chi connectivity index (χ3n) is 10.1. The maximum atomic E-state index is 6.80. The highest BCUT2D eigenvalue weighted by atomic mass is 16.3. The highest BCUT2D eigenvalue weighted by Crippen LogP contribution is 2.46. The number of para-hydroxylation sites is 4. The average Bonchev–Trinajstić information content (AvgIpc) is 3.65. The Morgan fingerprint density at radius 1 is 0.370 bits per heavy atom. The normalized spacial score (nSPS) is 11.3. The molecule has 0 N–H and O–H groups in total. The molecule has 0 saturated carbocycles. The van der Waals surface area contributed by atoms with E-state index < -0.39 is 0 Å². The van der Waals surface area contributed by atoms with Gasteiger partial charge in [-0.15, -0.1) is 0 Å². The second kappa shape index (κ2) is 13.4. The lowest BCUT2D eigenvalue weighted by Gasteiger charge is -2.26. The lowest BCUT2D eigenvalue weighted by Crippen LogP contribution is -2.10. The van der Waals surface area contributed by atoms with E-state index in [2.05, 4.69) is 150 Å². The maximum Gasteiger partial charge on any atom is 0.160 e. The smallest absolute Gasteiger partial charge is 0.160 e. The molecule has 0 aliphatic rings. The molecular weight excluding hydrogens is 659 g/mol. The molecule has 0 aliphatic heterocycles. The molecule has 4 heteroatoms. The van der Waals surface area contributed by atoms with Gasteiger partial charge in [0.2, 0.25) is 0 Å². The van der Waals surface area contributed by atoms with E-state index in [1.54, 1.807) is 0 Å². The fraction of sp³-hybridized carbons (Fsp3) is 0. The number of anilines is 3. The van der Waals surface area contributed by atoms with Crippen LogP contribution in [0, 0.1) is 0 Å². The molecule has 0 bridgehead atoms. The SMILES string of the molecule is c1ccc(-c2ccc(N(c3ccccc3)c3ccc(-c4ccc(-c5nc6ccccc6nc5-c5ccccc5)cc4)c4c3oc3ccccc34)cc2)cc1. The number of aromatic nitrogens is 2. The van der Waals surface area contributed by atoms with E-state index in [0.29, 0.717) is 0 Å². The van der Waals surface area contributed by atoms with E-state index >= 15 is 0 Å². The molecule has 8 aromatic carbocycles. The van der Waals surface area contributed by atoms with Gasteiger partial charge in [0, 0.05) is 33.3 Å². The first-order valence-corrected chi connectivity index (χ1v) is 18.2. The van der Waals surface area contributed by atoms with Crippen LogP contribution in [-0.2, 0) is 0 Å². The summed E-state index contributed by atoms with van der Waals surface area (Å²) in [6.07, 6.45) is 0. The van der Waals surface area contributed by atoms with E-state index in [-0.39, 0.29) is 0 Å². The van der Waals surface area contributed by atoms with Crippen molar-refractivity contribution < 1.29 is 4.42 Å². The molecule has 4 nitrogen and oxygen atoms in total. The van der Waals surface area contributed by atoms with Crippen molar-refractivity contribution in [3.63, 3.8) is 0 Å². The minimum absolute atomic E-state index is 0.834. The summed E-state index contributed by atoms with van der Waals surface area (Å²) < 4.78 is 6.80. The van der Waals surface area contributed by atoms with Gasteiger partial charge in [-0.05, 0) is 70.8 Å². The molecular formula is C50H33N3O. The second-order valence-electron chi connectivity index (χ2n) is 13.4. The fourth-order valence-corrected chi connectivity index (χ4v) is 7.48. The summed E-state index contributed by atoms with van der Waals surface area (Å²) >= 11 is 0. The van der Waals surface area contributed by atoms with Crippen molar-refractivity contribution in [1.82, 2.24) is 9.97 Å². The summed E-state index contributed by atoms with van der Waals surface area (Å²) in [5.41, 5.74) is 14.8. The quantitative estimate of drug-likeness (QED) is 0.167. The first-order chi connectivity index (χ1) is 26.8. The van der Waals surface area contributed by atoms with Gasteiger partial charge >= 0.3 is 0 Å². The Balaban J connectivity index is 1.12. The Bertz CT molecular complexity index is 2900. The van der Waals surface area contributed by atoms with E-state index in [9.17, 15) is 0 Å². The molecule has 0 atom stereocenters. The molecule has 2 heterocycles. The van der Waals surface area contributed by atoms with Gasteiger partial charge in [-0.1, -0.05) is 152 Å². The minimum atomic E-state index is 0.834. The van der Waals surface area contributed by atoms with E-state index in [0.717, 1.165) is 83.7 Å². The molecule has 2 aromatic heterocycles. The van der Waals surface area contributed by atoms with Crippen molar-refractivity contribution in [2.24, 2.45) is 0 Å². The van der Waals surface area contributed by atoms with Crippen LogP contribution >= 0.6 is 0 Å². The van der Waals surface area contributed by atoms with Crippen molar-refractivity contribution >= 4 is 50.0 Å². The maximum absolute atomic E-state index is 6.80. The molecule has 0 saturated heterocycles. The van der Waals surface area contributed by atoms with Gasteiger partial charge in [-0.3, -0.25) is 0 Å². The summed E-state index contributed by atoms with van der Waals surface area (Å²) in [5, 5.41) is 2.15. The lowest BCUT2D eigenvalue weighted by atomic mass is 9.96. The average molecular weight is 692 g/mol. The topological polar surface area (TPSA) is 42.2 Å². The van der Waals surface area contributed by atoms with Crippen molar-refractivity contribution in [3.05, 3.63) is 200 Å². The fourth-order valence-electron chi connectivity index (χ4n) is 7.48. The molecule has 0 unspecified atom stereocenters. The van der Waals surface area contributed by atoms with Crippen molar-refractivity contribution in [3.8, 4) is 44.8 Å². The van der Waals surface area contributed by atoms with Gasteiger partial charge in [0.05, 0.1) is 28.1 Å². The minimum Gasteiger partial charge on any atom is -0.454 e. The summed E-state index contributed by atoms with van der Waals surface area (Å²) in [6.45, 7) is 0. The third kappa shape index (κ3) is 5.58. The van der Waals surface area contributed by atoms with E-state index in [4.69, 9.17) is 14.4 Å². The number of hydrogen-bond donors (Lipinski definition) is 0. The number of furan rings is 1. The molecule has 0 spiro atoms. The highest BCUT2D eigenvalue weighted by molar-refractivity contribution is 6.16. The van der Waals surface area contributed by atoms with E-state index in [1.165, 1.54) is 11.1 Å². The number of hydrogen-bond acceptors (Lipinski definition) is 4. The summed E-state index contributed by atoms with van der Waals surface area (Å²) in [5.74, 6) is 0. The molecule has 54 heavy (non-hydrogen) atoms. The van der Waals surface area contributed by atoms with Crippen LogP contribution in [0.5, 0.6) is 0 Å². The third-order valence-corrected chi connectivity index (χ3v) is 10.1. The van der Waals surface area contributed by atoms with Crippen LogP contribution in [0.3, 0.4) is 0 Å². The number of nitrogens with zero attached hydrogens (tertiary/aromatic N) is 3. The van der Waals surface area contributed by atoms with Crippen LogP contribution in [0.25, 0.3) is 77.7 Å². The van der Waals surface area contributed by atoms with Crippen molar-refractivity contribution in [2.75, 3.05) is 4.90 Å². The second-order valence-corrected chi connectivity index (χ2v) is 13.4. The predicted molar refractivity (Wildman–Crippen MR) is 223 cm³/mol. The van der Waals surface area contributed by atoms with Crippen LogP contribution in [0.2, 0.25) is 0 Å². The zero-order valence-corrected chi connectivity index (χ0v) is 29.3.